The number of aryl methyl sites for hydroxylation is 1. The van der Waals surface area contributed by atoms with Crippen molar-refractivity contribution in [2.24, 2.45) is 0 Å². The summed E-state index contributed by atoms with van der Waals surface area (Å²) in [7, 11) is 4.06. The van der Waals surface area contributed by atoms with Gasteiger partial charge in [-0.05, 0) is 38.0 Å². The zero-order valence-corrected chi connectivity index (χ0v) is 12.7. The van der Waals surface area contributed by atoms with Gasteiger partial charge in [-0.25, -0.2) is 4.98 Å². The van der Waals surface area contributed by atoms with E-state index in [4.69, 9.17) is 0 Å². The molecule has 1 aliphatic carbocycles. The van der Waals surface area contributed by atoms with Crippen molar-refractivity contribution in [2.45, 2.75) is 25.8 Å². The Balaban J connectivity index is 1.80. The van der Waals surface area contributed by atoms with Crippen molar-refractivity contribution in [1.29, 1.82) is 0 Å². The molecule has 1 aromatic carbocycles. The van der Waals surface area contributed by atoms with E-state index in [9.17, 15) is 0 Å². The molecule has 0 spiro atoms. The smallest absolute Gasteiger partial charge is 0.229 e. The summed E-state index contributed by atoms with van der Waals surface area (Å²) in [4.78, 5) is 11.1. The summed E-state index contributed by atoms with van der Waals surface area (Å²) < 4.78 is 0. The van der Waals surface area contributed by atoms with Gasteiger partial charge in [0.15, 0.2) is 0 Å². The number of hydrogen-bond donors (Lipinski definition) is 2. The molecule has 1 heterocycles. The molecule has 0 aliphatic heterocycles. The third kappa shape index (κ3) is 3.62. The molecule has 1 fully saturated rings. The van der Waals surface area contributed by atoms with Gasteiger partial charge in [-0.15, -0.1) is 0 Å². The molecule has 0 radical (unpaired) electrons. The number of aromatic nitrogens is 2. The zero-order valence-electron chi connectivity index (χ0n) is 12.7. The van der Waals surface area contributed by atoms with Crippen LogP contribution in [-0.4, -0.2) is 30.1 Å². The first-order valence-corrected chi connectivity index (χ1v) is 7.27. The number of benzene rings is 1. The molecule has 2 aromatic rings. The van der Waals surface area contributed by atoms with E-state index in [1.165, 1.54) is 12.8 Å². The van der Waals surface area contributed by atoms with Crippen LogP contribution in [0.4, 0.5) is 23.1 Å². The van der Waals surface area contributed by atoms with Crippen LogP contribution in [0.1, 0.15) is 18.5 Å². The Labute approximate surface area is 125 Å². The van der Waals surface area contributed by atoms with Crippen LogP contribution in [0.25, 0.3) is 0 Å². The van der Waals surface area contributed by atoms with Gasteiger partial charge in [0.25, 0.3) is 0 Å². The van der Waals surface area contributed by atoms with Gasteiger partial charge < -0.3 is 15.5 Å². The Morgan fingerprint density at radius 1 is 1.14 bits per heavy atom. The quantitative estimate of drug-likeness (QED) is 0.882. The van der Waals surface area contributed by atoms with E-state index < -0.39 is 0 Å². The topological polar surface area (TPSA) is 53.1 Å². The van der Waals surface area contributed by atoms with Crippen molar-refractivity contribution >= 4 is 23.1 Å². The van der Waals surface area contributed by atoms with Crippen LogP contribution in [0.2, 0.25) is 0 Å². The molecule has 5 heteroatoms. The molecular weight excluding hydrogens is 262 g/mol. The standard InChI is InChI=1S/C16H21N5/c1-11-9-15(18-12-7-8-12)20-16(17-11)19-13-5-4-6-14(10-13)21(2)3/h4-6,9-10,12H,7-8H2,1-3H3,(H2,17,18,19,20). The molecule has 21 heavy (non-hydrogen) atoms. The van der Waals surface area contributed by atoms with E-state index in [1.807, 2.05) is 39.2 Å². The van der Waals surface area contributed by atoms with Gasteiger partial charge in [-0.1, -0.05) is 6.07 Å². The molecule has 0 amide bonds. The van der Waals surface area contributed by atoms with Crippen molar-refractivity contribution in [2.75, 3.05) is 29.6 Å². The maximum absolute atomic E-state index is 4.54. The van der Waals surface area contributed by atoms with Crippen LogP contribution < -0.4 is 15.5 Å². The number of nitrogens with zero attached hydrogens (tertiary/aromatic N) is 3. The third-order valence-corrected chi connectivity index (χ3v) is 3.40. The van der Waals surface area contributed by atoms with Gasteiger partial charge >= 0.3 is 0 Å². The molecule has 3 rings (SSSR count). The molecule has 0 unspecified atom stereocenters. The Morgan fingerprint density at radius 2 is 1.95 bits per heavy atom. The Morgan fingerprint density at radius 3 is 2.67 bits per heavy atom. The minimum absolute atomic E-state index is 0.587. The summed E-state index contributed by atoms with van der Waals surface area (Å²) in [6.45, 7) is 1.99. The van der Waals surface area contributed by atoms with E-state index in [-0.39, 0.29) is 0 Å². The lowest BCUT2D eigenvalue weighted by molar-refractivity contribution is 1.06. The molecular formula is C16H21N5. The summed E-state index contributed by atoms with van der Waals surface area (Å²) in [6.07, 6.45) is 2.47. The fourth-order valence-corrected chi connectivity index (χ4v) is 2.13. The maximum Gasteiger partial charge on any atom is 0.229 e. The largest absolute Gasteiger partial charge is 0.378 e. The summed E-state index contributed by atoms with van der Waals surface area (Å²) >= 11 is 0. The van der Waals surface area contributed by atoms with Gasteiger partial charge in [0.1, 0.15) is 5.82 Å². The minimum atomic E-state index is 0.587. The van der Waals surface area contributed by atoms with E-state index in [0.29, 0.717) is 12.0 Å². The first-order chi connectivity index (χ1) is 10.1. The number of hydrogen-bond acceptors (Lipinski definition) is 5. The van der Waals surface area contributed by atoms with E-state index in [2.05, 4.69) is 37.6 Å². The van der Waals surface area contributed by atoms with E-state index in [0.717, 1.165) is 22.9 Å². The highest BCUT2D eigenvalue weighted by Crippen LogP contribution is 2.25. The molecule has 0 atom stereocenters. The number of nitrogens with one attached hydrogen (secondary N) is 2. The van der Waals surface area contributed by atoms with Gasteiger partial charge in [0.2, 0.25) is 5.95 Å². The molecule has 110 valence electrons. The Hall–Kier alpha value is -2.30. The number of rotatable bonds is 5. The predicted molar refractivity (Wildman–Crippen MR) is 87.5 cm³/mol. The van der Waals surface area contributed by atoms with Crippen molar-refractivity contribution in [1.82, 2.24) is 9.97 Å². The molecule has 1 aliphatic rings. The van der Waals surface area contributed by atoms with Crippen molar-refractivity contribution < 1.29 is 0 Å². The summed E-state index contributed by atoms with van der Waals surface area (Å²) in [5.41, 5.74) is 3.09. The number of anilines is 4. The van der Waals surface area contributed by atoms with Crippen LogP contribution in [-0.2, 0) is 0 Å². The lowest BCUT2D eigenvalue weighted by atomic mass is 10.2. The Bertz CT molecular complexity index is 634. The van der Waals surface area contributed by atoms with Gasteiger partial charge in [-0.3, -0.25) is 0 Å². The maximum atomic E-state index is 4.54. The highest BCUT2D eigenvalue weighted by molar-refractivity contribution is 5.62. The van der Waals surface area contributed by atoms with Gasteiger partial charge in [0.05, 0.1) is 0 Å². The second-order valence-electron chi connectivity index (χ2n) is 5.71. The zero-order chi connectivity index (χ0) is 14.8. The summed E-state index contributed by atoms with van der Waals surface area (Å²) in [5.74, 6) is 1.53. The molecule has 5 nitrogen and oxygen atoms in total. The van der Waals surface area contributed by atoms with Crippen LogP contribution in [0.5, 0.6) is 0 Å². The van der Waals surface area contributed by atoms with Gasteiger partial charge in [0, 0.05) is 43.3 Å². The molecule has 0 bridgehead atoms. The minimum Gasteiger partial charge on any atom is -0.378 e. The normalized spacial score (nSPS) is 13.9. The van der Waals surface area contributed by atoms with Crippen LogP contribution in [0.3, 0.4) is 0 Å². The van der Waals surface area contributed by atoms with Crippen LogP contribution in [0, 0.1) is 6.92 Å². The lowest BCUT2D eigenvalue weighted by Crippen LogP contribution is -2.09. The van der Waals surface area contributed by atoms with Crippen molar-refractivity contribution in [3.8, 4) is 0 Å². The first kappa shape index (κ1) is 13.7. The lowest BCUT2D eigenvalue weighted by Gasteiger charge is -2.14. The molecule has 2 N–H and O–H groups in total. The molecule has 0 saturated heterocycles. The fraction of sp³-hybridized carbons (Fsp3) is 0.375. The Kier molecular flexibility index (Phi) is 3.64. The SMILES string of the molecule is Cc1cc(NC2CC2)nc(Nc2cccc(N(C)C)c2)n1. The predicted octanol–water partition coefficient (Wildman–Crippen LogP) is 3.17. The highest BCUT2D eigenvalue weighted by Gasteiger charge is 2.21. The molecule has 1 aromatic heterocycles. The second-order valence-corrected chi connectivity index (χ2v) is 5.71. The van der Waals surface area contributed by atoms with Crippen molar-refractivity contribution in [3.63, 3.8) is 0 Å². The second kappa shape index (κ2) is 5.60. The fourth-order valence-electron chi connectivity index (χ4n) is 2.13. The van der Waals surface area contributed by atoms with Gasteiger partial charge in [-0.2, -0.15) is 4.98 Å². The van der Waals surface area contributed by atoms with Crippen molar-refractivity contribution in [3.05, 3.63) is 36.0 Å². The van der Waals surface area contributed by atoms with E-state index in [1.54, 1.807) is 0 Å². The molecule has 1 saturated carbocycles. The average molecular weight is 283 g/mol. The average Bonchev–Trinajstić information content (AvgIpc) is 3.22. The van der Waals surface area contributed by atoms with Crippen LogP contribution in [0.15, 0.2) is 30.3 Å². The van der Waals surface area contributed by atoms with Crippen LogP contribution >= 0.6 is 0 Å². The highest BCUT2D eigenvalue weighted by atomic mass is 15.2. The first-order valence-electron chi connectivity index (χ1n) is 7.27. The summed E-state index contributed by atoms with van der Waals surface area (Å²) in [6, 6.07) is 10.8. The summed E-state index contributed by atoms with van der Waals surface area (Å²) in [5, 5.41) is 6.70. The van der Waals surface area contributed by atoms with E-state index >= 15 is 0 Å². The monoisotopic (exact) mass is 283 g/mol. The third-order valence-electron chi connectivity index (χ3n) is 3.40.